The van der Waals surface area contributed by atoms with Crippen molar-refractivity contribution >= 4 is 15.8 Å². The molecule has 1 rings (SSSR count). The maximum atomic E-state index is 12.4. The molecule has 0 aliphatic rings. The van der Waals surface area contributed by atoms with Gasteiger partial charge in [-0.3, -0.25) is 0 Å². The summed E-state index contributed by atoms with van der Waals surface area (Å²) in [5.41, 5.74) is 0.307. The quantitative estimate of drug-likeness (QED) is 0.584. The standard InChI is InChI=1S/C11H14AsF3/c1-2-6-12-8-9-4-3-5-10(7-9)11(13,14)15/h3-5,7,12H,2,6,8H2,1H3. The third-order valence-electron chi connectivity index (χ3n) is 2.01. The molecule has 0 bridgehead atoms. The Balaban J connectivity index is 2.66. The first-order valence-electron chi connectivity index (χ1n) is 4.91. The minimum absolute atomic E-state index is 0.0971. The van der Waals surface area contributed by atoms with Gasteiger partial charge in [-0.2, -0.15) is 0 Å². The van der Waals surface area contributed by atoms with Gasteiger partial charge in [-0.15, -0.1) is 0 Å². The van der Waals surface area contributed by atoms with Gasteiger partial charge in [0.15, 0.2) is 0 Å². The predicted molar refractivity (Wildman–Crippen MR) is 57.4 cm³/mol. The predicted octanol–water partition coefficient (Wildman–Crippen LogP) is 3.47. The van der Waals surface area contributed by atoms with E-state index >= 15 is 0 Å². The van der Waals surface area contributed by atoms with E-state index in [1.54, 1.807) is 6.07 Å². The molecule has 84 valence electrons. The molecular formula is C11H14AsF3. The molecule has 1 aromatic carbocycles. The molecule has 0 heterocycles. The molecule has 1 aromatic rings. The second kappa shape index (κ2) is 5.60. The van der Waals surface area contributed by atoms with Crippen LogP contribution in [0.5, 0.6) is 0 Å². The van der Waals surface area contributed by atoms with Crippen molar-refractivity contribution in [1.29, 1.82) is 0 Å². The molecule has 0 aromatic heterocycles. The van der Waals surface area contributed by atoms with Gasteiger partial charge in [0.1, 0.15) is 0 Å². The number of benzene rings is 1. The van der Waals surface area contributed by atoms with Crippen molar-refractivity contribution in [2.24, 2.45) is 0 Å². The van der Waals surface area contributed by atoms with Gasteiger partial charge in [0.25, 0.3) is 0 Å². The summed E-state index contributed by atoms with van der Waals surface area (Å²) in [4.78, 5) is 0. The number of rotatable bonds is 4. The van der Waals surface area contributed by atoms with E-state index in [0.717, 1.165) is 23.3 Å². The zero-order chi connectivity index (χ0) is 11.3. The molecule has 0 aliphatic heterocycles. The van der Waals surface area contributed by atoms with Crippen LogP contribution in [0.1, 0.15) is 24.5 Å². The molecule has 0 saturated carbocycles. The summed E-state index contributed by atoms with van der Waals surface area (Å²) >= 11 is -0.0971. The van der Waals surface area contributed by atoms with Gasteiger partial charge in [0, 0.05) is 0 Å². The summed E-state index contributed by atoms with van der Waals surface area (Å²) < 4.78 is 37.1. The molecule has 1 atom stereocenters. The van der Waals surface area contributed by atoms with Crippen LogP contribution in [0.25, 0.3) is 0 Å². The van der Waals surface area contributed by atoms with E-state index in [-0.39, 0.29) is 15.8 Å². The summed E-state index contributed by atoms with van der Waals surface area (Å²) in [6, 6.07) is 5.69. The van der Waals surface area contributed by atoms with Crippen molar-refractivity contribution in [3.05, 3.63) is 35.4 Å². The van der Waals surface area contributed by atoms with Crippen LogP contribution in [0.3, 0.4) is 0 Å². The van der Waals surface area contributed by atoms with Gasteiger partial charge in [0.2, 0.25) is 0 Å². The molecule has 0 aliphatic carbocycles. The van der Waals surface area contributed by atoms with Crippen LogP contribution >= 0.6 is 0 Å². The summed E-state index contributed by atoms with van der Waals surface area (Å²) in [5, 5.41) is 2.05. The van der Waals surface area contributed by atoms with Crippen LogP contribution in [-0.2, 0) is 11.4 Å². The first-order chi connectivity index (χ1) is 7.04. The summed E-state index contributed by atoms with van der Waals surface area (Å²) in [7, 11) is 0. The monoisotopic (exact) mass is 278 g/mol. The third-order valence-corrected chi connectivity index (χ3v) is 5.18. The Labute approximate surface area is 94.6 Å². The van der Waals surface area contributed by atoms with Gasteiger partial charge < -0.3 is 0 Å². The van der Waals surface area contributed by atoms with E-state index in [9.17, 15) is 13.2 Å². The van der Waals surface area contributed by atoms with Crippen molar-refractivity contribution in [3.8, 4) is 0 Å². The van der Waals surface area contributed by atoms with Crippen LogP contribution < -0.4 is 0 Å². The zero-order valence-corrected chi connectivity index (χ0v) is 10.7. The van der Waals surface area contributed by atoms with Crippen LogP contribution in [-0.4, -0.2) is 15.8 Å². The minimum atomic E-state index is -4.21. The second-order valence-electron chi connectivity index (χ2n) is 3.37. The van der Waals surface area contributed by atoms with E-state index in [2.05, 4.69) is 6.92 Å². The first-order valence-corrected chi connectivity index (χ1v) is 7.87. The fourth-order valence-electron chi connectivity index (χ4n) is 1.27. The molecule has 15 heavy (non-hydrogen) atoms. The summed E-state index contributed by atoms with van der Waals surface area (Å²) in [5.74, 6) is 0. The number of hydrogen-bond donors (Lipinski definition) is 0. The molecule has 0 fully saturated rings. The number of halogens is 3. The number of alkyl halides is 3. The first kappa shape index (κ1) is 12.6. The van der Waals surface area contributed by atoms with Gasteiger partial charge in [-0.05, 0) is 0 Å². The van der Waals surface area contributed by atoms with E-state index in [1.165, 1.54) is 17.3 Å². The SMILES string of the molecule is CCC[AsH]Cc1cccc(C(F)(F)F)c1. The molecule has 0 N–H and O–H groups in total. The average molecular weight is 278 g/mol. The van der Waals surface area contributed by atoms with Crippen molar-refractivity contribution in [1.82, 2.24) is 0 Å². The Morgan fingerprint density at radius 3 is 2.60 bits per heavy atom. The number of hydrogen-bond acceptors (Lipinski definition) is 0. The molecule has 0 nitrogen and oxygen atoms in total. The molecule has 0 amide bonds. The normalized spacial score (nSPS) is 12.5. The Hall–Kier alpha value is -0.432. The Kier molecular flexibility index (Phi) is 4.72. The maximum absolute atomic E-state index is 12.4. The van der Waals surface area contributed by atoms with Gasteiger partial charge >= 0.3 is 94.3 Å². The molecular weight excluding hydrogens is 264 g/mol. The zero-order valence-electron chi connectivity index (χ0n) is 8.56. The second-order valence-corrected chi connectivity index (χ2v) is 6.21. The molecule has 1 unspecified atom stereocenters. The van der Waals surface area contributed by atoms with Crippen LogP contribution in [0.4, 0.5) is 13.2 Å². The van der Waals surface area contributed by atoms with Gasteiger partial charge in [-0.1, -0.05) is 0 Å². The van der Waals surface area contributed by atoms with Gasteiger partial charge in [0.05, 0.1) is 0 Å². The molecule has 0 radical (unpaired) electrons. The molecule has 4 heteroatoms. The van der Waals surface area contributed by atoms with Crippen molar-refractivity contribution in [2.45, 2.75) is 29.9 Å². The summed E-state index contributed by atoms with van der Waals surface area (Å²) in [6.07, 6.45) is -3.07. The average Bonchev–Trinajstić information content (AvgIpc) is 2.17. The van der Waals surface area contributed by atoms with Crippen molar-refractivity contribution in [2.75, 3.05) is 0 Å². The topological polar surface area (TPSA) is 0 Å². The molecule has 0 spiro atoms. The fraction of sp³-hybridized carbons (Fsp3) is 0.455. The Morgan fingerprint density at radius 1 is 1.27 bits per heavy atom. The van der Waals surface area contributed by atoms with E-state index in [4.69, 9.17) is 0 Å². The van der Waals surface area contributed by atoms with E-state index in [0.29, 0.717) is 0 Å². The fourth-order valence-corrected chi connectivity index (χ4v) is 3.45. The van der Waals surface area contributed by atoms with Crippen LogP contribution in [0.2, 0.25) is 5.21 Å². The summed E-state index contributed by atoms with van der Waals surface area (Å²) in [6.45, 7) is 2.11. The van der Waals surface area contributed by atoms with Crippen LogP contribution in [0, 0.1) is 0 Å². The Bertz CT molecular complexity index is 307. The molecule has 0 saturated heterocycles. The van der Waals surface area contributed by atoms with Gasteiger partial charge in [-0.25, -0.2) is 0 Å². The van der Waals surface area contributed by atoms with Crippen molar-refractivity contribution < 1.29 is 13.2 Å². The van der Waals surface area contributed by atoms with E-state index in [1.807, 2.05) is 0 Å². The van der Waals surface area contributed by atoms with E-state index < -0.39 is 11.7 Å². The van der Waals surface area contributed by atoms with Crippen LogP contribution in [0.15, 0.2) is 24.3 Å². The Morgan fingerprint density at radius 2 is 2.00 bits per heavy atom. The van der Waals surface area contributed by atoms with Crippen molar-refractivity contribution in [3.63, 3.8) is 0 Å². The third kappa shape index (κ3) is 4.29.